The van der Waals surface area contributed by atoms with Gasteiger partial charge in [-0.15, -0.1) is 11.3 Å². The van der Waals surface area contributed by atoms with Gasteiger partial charge in [0.2, 0.25) is 5.91 Å². The Morgan fingerprint density at radius 1 is 1.00 bits per heavy atom. The van der Waals surface area contributed by atoms with Crippen molar-refractivity contribution >= 4 is 73.6 Å². The molecule has 1 atom stereocenters. The molecule has 2 heterocycles. The van der Waals surface area contributed by atoms with Crippen molar-refractivity contribution in [3.8, 4) is 5.69 Å². The minimum absolute atomic E-state index is 0.174. The number of anilines is 2. The molecule has 2 aromatic carbocycles. The number of carbonyl (C=O) groups excluding carboxylic acids is 2. The number of nitrogens with zero attached hydrogens (tertiary/aromatic N) is 1. The number of benzene rings is 2. The number of aromatic nitrogens is 1. The molecule has 0 saturated heterocycles. The average molecular weight is 499 g/mol. The van der Waals surface area contributed by atoms with E-state index in [1.54, 1.807) is 54.7 Å². The van der Waals surface area contributed by atoms with Crippen LogP contribution in [-0.2, 0) is 4.79 Å². The van der Waals surface area contributed by atoms with Crippen molar-refractivity contribution in [3.05, 3.63) is 81.6 Å². The smallest absolute Gasteiger partial charge is 0.326 e. The molecule has 0 fully saturated rings. The highest BCUT2D eigenvalue weighted by Gasteiger charge is 2.09. The summed E-state index contributed by atoms with van der Waals surface area (Å²) in [5, 5.41) is 6.73. The highest BCUT2D eigenvalue weighted by molar-refractivity contribution is 8.14. The van der Waals surface area contributed by atoms with Gasteiger partial charge in [-0.25, -0.2) is 4.79 Å². The standard InChI is InChI=1S/C23H19ClN4O3S2/c1-14(29)25-17-5-8-19-15(13-17)11-12-28(22(19)30)18-6-3-16(4-7-18)26-23(31)27-33(2)21-10-9-20(24)32-21/h3-13H,2H2,1H3,(H,25,29)(H2,26,27,31). The van der Waals surface area contributed by atoms with E-state index in [2.05, 4.69) is 21.2 Å². The Bertz CT molecular complexity index is 1440. The van der Waals surface area contributed by atoms with Gasteiger partial charge >= 0.3 is 6.03 Å². The van der Waals surface area contributed by atoms with Crippen LogP contribution < -0.4 is 20.9 Å². The minimum atomic E-state index is -0.719. The first-order valence-corrected chi connectivity index (χ1v) is 12.3. The lowest BCUT2D eigenvalue weighted by molar-refractivity contribution is -0.114. The van der Waals surface area contributed by atoms with E-state index in [9.17, 15) is 14.4 Å². The number of nitrogens with one attached hydrogen (secondary N) is 3. The fourth-order valence-electron chi connectivity index (χ4n) is 3.19. The second kappa shape index (κ2) is 9.62. The monoisotopic (exact) mass is 498 g/mol. The molecule has 1 unspecified atom stereocenters. The summed E-state index contributed by atoms with van der Waals surface area (Å²) in [4.78, 5) is 36.5. The third-order valence-corrected chi connectivity index (χ3v) is 7.57. The van der Waals surface area contributed by atoms with Gasteiger partial charge in [-0.3, -0.25) is 18.9 Å². The Labute approximate surface area is 201 Å². The SMILES string of the molecule is C=S(NC(=O)Nc1ccc(-n2ccc3cc(NC(C)=O)ccc3c2=O)cc1)c1ccc(Cl)s1. The first-order chi connectivity index (χ1) is 15.8. The summed E-state index contributed by atoms with van der Waals surface area (Å²) in [7, 11) is -0.719. The predicted octanol–water partition coefficient (Wildman–Crippen LogP) is 5.46. The number of thiophene rings is 1. The maximum atomic E-state index is 13.0. The molecular weight excluding hydrogens is 480 g/mol. The van der Waals surface area contributed by atoms with Crippen LogP contribution in [0.1, 0.15) is 6.92 Å². The van der Waals surface area contributed by atoms with Crippen molar-refractivity contribution in [2.24, 2.45) is 0 Å². The van der Waals surface area contributed by atoms with E-state index in [0.717, 1.165) is 9.60 Å². The molecule has 0 aliphatic heterocycles. The molecule has 3 amide bonds. The van der Waals surface area contributed by atoms with Crippen LogP contribution in [0.3, 0.4) is 0 Å². The normalized spacial score (nSPS) is 11.7. The molecule has 0 spiro atoms. The van der Waals surface area contributed by atoms with Gasteiger partial charge in [0.05, 0.1) is 8.55 Å². The maximum Gasteiger partial charge on any atom is 0.329 e. The van der Waals surface area contributed by atoms with Crippen LogP contribution in [0.4, 0.5) is 16.2 Å². The Hall–Kier alpha value is -3.40. The quantitative estimate of drug-likeness (QED) is 0.319. The maximum absolute atomic E-state index is 13.0. The minimum Gasteiger partial charge on any atom is -0.326 e. The van der Waals surface area contributed by atoms with Crippen molar-refractivity contribution in [1.82, 2.24) is 9.29 Å². The highest BCUT2D eigenvalue weighted by Crippen LogP contribution is 2.32. The Balaban J connectivity index is 1.48. The number of amides is 3. The molecular formula is C23H19ClN4O3S2. The number of fused-ring (bicyclic) bond motifs is 1. The Kier molecular flexibility index (Phi) is 6.64. The fraction of sp³-hybridized carbons (Fsp3) is 0.0435. The van der Waals surface area contributed by atoms with Gasteiger partial charge in [-0.1, -0.05) is 28.1 Å². The summed E-state index contributed by atoms with van der Waals surface area (Å²) in [6, 6.07) is 17.1. The first kappa shape index (κ1) is 22.8. The predicted molar refractivity (Wildman–Crippen MR) is 138 cm³/mol. The van der Waals surface area contributed by atoms with Crippen LogP contribution in [0.2, 0.25) is 4.34 Å². The van der Waals surface area contributed by atoms with Crippen LogP contribution >= 0.6 is 33.6 Å². The van der Waals surface area contributed by atoms with Gasteiger partial charge in [0.15, 0.2) is 0 Å². The molecule has 10 heteroatoms. The van der Waals surface area contributed by atoms with Gasteiger partial charge in [0, 0.05) is 35.6 Å². The van der Waals surface area contributed by atoms with Crippen molar-refractivity contribution in [2.75, 3.05) is 10.6 Å². The summed E-state index contributed by atoms with van der Waals surface area (Å²) in [5.41, 5.74) is 1.68. The molecule has 0 aliphatic rings. The van der Waals surface area contributed by atoms with E-state index in [-0.39, 0.29) is 17.5 Å². The van der Waals surface area contributed by atoms with Gasteiger partial charge in [0.1, 0.15) is 0 Å². The van der Waals surface area contributed by atoms with E-state index < -0.39 is 10.7 Å². The van der Waals surface area contributed by atoms with Crippen molar-refractivity contribution in [2.45, 2.75) is 11.1 Å². The van der Waals surface area contributed by atoms with Crippen molar-refractivity contribution in [3.63, 3.8) is 0 Å². The van der Waals surface area contributed by atoms with Gasteiger partial charge < -0.3 is 10.6 Å². The number of carbonyl (C=O) groups is 2. The van der Waals surface area contributed by atoms with Crippen molar-refractivity contribution < 1.29 is 9.59 Å². The molecule has 3 N–H and O–H groups in total. The zero-order chi connectivity index (χ0) is 23.5. The Morgan fingerprint density at radius 3 is 2.39 bits per heavy atom. The first-order valence-electron chi connectivity index (χ1n) is 9.70. The molecule has 168 valence electrons. The summed E-state index contributed by atoms with van der Waals surface area (Å²) in [5.74, 6) is 3.79. The molecule has 0 bridgehead atoms. The fourth-order valence-corrected chi connectivity index (χ4v) is 5.50. The zero-order valence-electron chi connectivity index (χ0n) is 17.4. The van der Waals surface area contributed by atoms with Gasteiger partial charge in [-0.05, 0) is 66.0 Å². The third-order valence-electron chi connectivity index (χ3n) is 4.63. The van der Waals surface area contributed by atoms with Crippen LogP contribution in [0.15, 0.2) is 75.9 Å². The second-order valence-electron chi connectivity index (χ2n) is 7.03. The molecule has 0 radical (unpaired) electrons. The van der Waals surface area contributed by atoms with E-state index >= 15 is 0 Å². The highest BCUT2D eigenvalue weighted by atomic mass is 35.5. The van der Waals surface area contributed by atoms with E-state index in [0.29, 0.717) is 26.8 Å². The zero-order valence-corrected chi connectivity index (χ0v) is 19.8. The Morgan fingerprint density at radius 2 is 1.73 bits per heavy atom. The summed E-state index contributed by atoms with van der Waals surface area (Å²) in [6.45, 7) is 1.43. The lowest BCUT2D eigenvalue weighted by Crippen LogP contribution is -2.24. The van der Waals surface area contributed by atoms with E-state index in [4.69, 9.17) is 11.6 Å². The largest absolute Gasteiger partial charge is 0.329 e. The molecule has 7 nitrogen and oxygen atoms in total. The van der Waals surface area contributed by atoms with Crippen LogP contribution in [0.5, 0.6) is 0 Å². The number of pyridine rings is 1. The van der Waals surface area contributed by atoms with Crippen LogP contribution in [0.25, 0.3) is 16.5 Å². The molecule has 4 aromatic rings. The third kappa shape index (κ3) is 5.33. The topological polar surface area (TPSA) is 92.2 Å². The molecule has 33 heavy (non-hydrogen) atoms. The summed E-state index contributed by atoms with van der Waals surface area (Å²) >= 11 is 7.30. The molecule has 4 rings (SSSR count). The second-order valence-corrected chi connectivity index (χ2v) is 10.4. The number of hydrogen-bond donors (Lipinski definition) is 3. The lowest BCUT2D eigenvalue weighted by atomic mass is 10.1. The molecule has 0 aliphatic carbocycles. The number of urea groups is 1. The van der Waals surface area contributed by atoms with Gasteiger partial charge in [0.25, 0.3) is 5.56 Å². The number of hydrogen-bond acceptors (Lipinski definition) is 4. The summed E-state index contributed by atoms with van der Waals surface area (Å²) < 4.78 is 5.83. The summed E-state index contributed by atoms with van der Waals surface area (Å²) in [6.07, 6.45) is 1.68. The van der Waals surface area contributed by atoms with Crippen LogP contribution in [-0.4, -0.2) is 22.4 Å². The molecule has 0 saturated carbocycles. The van der Waals surface area contributed by atoms with E-state index in [1.165, 1.54) is 22.8 Å². The number of rotatable bonds is 5. The number of halogens is 1. The van der Waals surface area contributed by atoms with E-state index in [1.807, 2.05) is 12.1 Å². The van der Waals surface area contributed by atoms with Crippen molar-refractivity contribution in [1.29, 1.82) is 0 Å². The lowest BCUT2D eigenvalue weighted by Gasteiger charge is -2.11. The molecule has 2 aromatic heterocycles. The average Bonchev–Trinajstić information content (AvgIpc) is 3.21. The van der Waals surface area contributed by atoms with Crippen LogP contribution in [0, 0.1) is 0 Å². The van der Waals surface area contributed by atoms with Gasteiger partial charge in [-0.2, -0.15) is 0 Å².